The minimum absolute atomic E-state index is 0.188. The van der Waals surface area contributed by atoms with E-state index in [1.807, 2.05) is 59.9 Å². The van der Waals surface area contributed by atoms with E-state index < -0.39 is 0 Å². The number of hydrogen-bond acceptors (Lipinski definition) is 5. The van der Waals surface area contributed by atoms with E-state index in [0.717, 1.165) is 17.2 Å². The fraction of sp³-hybridized carbons (Fsp3) is 0.150. The Bertz CT molecular complexity index is 1010. The number of aromatic nitrogens is 2. The lowest BCUT2D eigenvalue weighted by Gasteiger charge is -2.11. The number of nitrogens with one attached hydrogen (secondary N) is 1. The van der Waals surface area contributed by atoms with E-state index in [9.17, 15) is 9.59 Å². The van der Waals surface area contributed by atoms with Crippen molar-refractivity contribution in [2.75, 3.05) is 16.8 Å². The van der Waals surface area contributed by atoms with Gasteiger partial charge in [0.2, 0.25) is 0 Å². The molecule has 0 saturated carbocycles. The Hall–Kier alpha value is -2.51. The molecule has 0 bridgehead atoms. The summed E-state index contributed by atoms with van der Waals surface area (Å²) in [5.41, 5.74) is 2.45. The van der Waals surface area contributed by atoms with Gasteiger partial charge in [0.05, 0.1) is 10.3 Å². The van der Waals surface area contributed by atoms with Gasteiger partial charge in [0.25, 0.3) is 11.5 Å². The maximum Gasteiger partial charge on any atom is 0.276 e. The first kappa shape index (κ1) is 17.9. The molecule has 0 spiro atoms. The molecule has 1 fully saturated rings. The third-order valence-corrected chi connectivity index (χ3v) is 7.18. The molecule has 1 aromatic heterocycles. The van der Waals surface area contributed by atoms with Crippen LogP contribution in [0.2, 0.25) is 0 Å². The van der Waals surface area contributed by atoms with Crippen LogP contribution in [0.25, 0.3) is 5.69 Å². The van der Waals surface area contributed by atoms with Crippen molar-refractivity contribution in [3.05, 3.63) is 88.3 Å². The Morgan fingerprint density at radius 2 is 1.78 bits per heavy atom. The summed E-state index contributed by atoms with van der Waals surface area (Å²) in [5.74, 6) is 1.96. The molecule has 1 aliphatic rings. The third kappa shape index (κ3) is 4.09. The third-order valence-electron chi connectivity index (χ3n) is 4.07. The first-order valence-electron chi connectivity index (χ1n) is 8.51. The molecule has 0 unspecified atom stereocenters. The number of para-hydroxylation sites is 1. The Morgan fingerprint density at radius 3 is 2.56 bits per heavy atom. The van der Waals surface area contributed by atoms with Crippen LogP contribution in [0.15, 0.2) is 71.5 Å². The zero-order valence-electron chi connectivity index (χ0n) is 14.4. The predicted molar refractivity (Wildman–Crippen MR) is 112 cm³/mol. The van der Waals surface area contributed by atoms with Gasteiger partial charge >= 0.3 is 0 Å². The maximum atomic E-state index is 12.6. The lowest BCUT2D eigenvalue weighted by molar-refractivity contribution is 0.102. The summed E-state index contributed by atoms with van der Waals surface area (Å²) in [4.78, 5) is 24.8. The van der Waals surface area contributed by atoms with Crippen LogP contribution in [0, 0.1) is 0 Å². The SMILES string of the molecule is O=C(Nc1cccc(C2SCCS2)c1)c1ccc(=O)n(-c2ccccc2)n1. The van der Waals surface area contributed by atoms with Gasteiger partial charge in [-0.05, 0) is 35.9 Å². The van der Waals surface area contributed by atoms with Gasteiger partial charge in [0.1, 0.15) is 5.69 Å². The van der Waals surface area contributed by atoms with E-state index in [0.29, 0.717) is 10.3 Å². The number of amides is 1. The van der Waals surface area contributed by atoms with Gasteiger partial charge in [0.15, 0.2) is 0 Å². The largest absolute Gasteiger partial charge is 0.321 e. The summed E-state index contributed by atoms with van der Waals surface area (Å²) in [5, 5.41) is 7.11. The molecule has 1 N–H and O–H groups in total. The molecule has 4 rings (SSSR count). The van der Waals surface area contributed by atoms with Crippen molar-refractivity contribution >= 4 is 35.1 Å². The predicted octanol–water partition coefficient (Wildman–Crippen LogP) is 3.96. The van der Waals surface area contributed by atoms with Crippen molar-refractivity contribution in [3.8, 4) is 5.69 Å². The fourth-order valence-corrected chi connectivity index (χ4v) is 5.63. The molecule has 0 aliphatic carbocycles. The van der Waals surface area contributed by atoms with Crippen LogP contribution in [0.4, 0.5) is 5.69 Å². The summed E-state index contributed by atoms with van der Waals surface area (Å²) in [6, 6.07) is 19.7. The molecule has 0 atom stereocenters. The minimum atomic E-state index is -0.344. The van der Waals surface area contributed by atoms with Gasteiger partial charge in [-0.3, -0.25) is 9.59 Å². The molecule has 7 heteroatoms. The first-order chi connectivity index (χ1) is 13.2. The summed E-state index contributed by atoms with van der Waals surface area (Å²) in [6.45, 7) is 0. The number of carbonyl (C=O) groups excluding carboxylic acids is 1. The van der Waals surface area contributed by atoms with Crippen molar-refractivity contribution in [2.45, 2.75) is 4.58 Å². The second-order valence-electron chi connectivity index (χ2n) is 5.96. The number of carbonyl (C=O) groups is 1. The lowest BCUT2D eigenvalue weighted by atomic mass is 10.2. The zero-order chi connectivity index (χ0) is 18.6. The highest BCUT2D eigenvalue weighted by atomic mass is 32.2. The number of benzene rings is 2. The molecule has 27 heavy (non-hydrogen) atoms. The Labute approximate surface area is 165 Å². The highest BCUT2D eigenvalue weighted by Gasteiger charge is 2.19. The fourth-order valence-electron chi connectivity index (χ4n) is 2.80. The quantitative estimate of drug-likeness (QED) is 0.724. The van der Waals surface area contributed by atoms with Crippen molar-refractivity contribution in [2.24, 2.45) is 0 Å². The van der Waals surface area contributed by atoms with Crippen molar-refractivity contribution in [3.63, 3.8) is 0 Å². The van der Waals surface area contributed by atoms with Crippen LogP contribution in [-0.2, 0) is 0 Å². The van der Waals surface area contributed by atoms with Gasteiger partial charge in [-0.2, -0.15) is 9.78 Å². The van der Waals surface area contributed by atoms with Crippen LogP contribution in [0.3, 0.4) is 0 Å². The molecule has 1 amide bonds. The van der Waals surface area contributed by atoms with E-state index in [1.165, 1.54) is 22.4 Å². The highest BCUT2D eigenvalue weighted by Crippen LogP contribution is 2.45. The van der Waals surface area contributed by atoms with Crippen molar-refractivity contribution < 1.29 is 4.79 Å². The molecule has 3 aromatic rings. The molecular formula is C20H17N3O2S2. The Morgan fingerprint density at radius 1 is 1.00 bits per heavy atom. The van der Waals surface area contributed by atoms with Gasteiger partial charge in [-0.1, -0.05) is 30.3 Å². The second-order valence-corrected chi connectivity index (χ2v) is 8.68. The second kappa shape index (κ2) is 8.02. The molecule has 2 aromatic carbocycles. The molecule has 136 valence electrons. The summed E-state index contributed by atoms with van der Waals surface area (Å²) in [6.07, 6.45) is 0. The van der Waals surface area contributed by atoms with Crippen LogP contribution >= 0.6 is 23.5 Å². The normalized spacial score (nSPS) is 14.2. The Kier molecular flexibility index (Phi) is 5.31. The summed E-state index contributed by atoms with van der Waals surface area (Å²) < 4.78 is 1.65. The van der Waals surface area contributed by atoms with Crippen LogP contribution in [0.5, 0.6) is 0 Å². The standard InChI is InChI=1S/C20H17N3O2S2/c24-18-10-9-17(22-23(18)16-7-2-1-3-8-16)19(25)21-15-6-4-5-14(13-15)20-26-11-12-27-20/h1-10,13,20H,11-12H2,(H,21,25). The van der Waals surface area contributed by atoms with Crippen LogP contribution < -0.4 is 10.9 Å². The van der Waals surface area contributed by atoms with E-state index in [4.69, 9.17) is 0 Å². The van der Waals surface area contributed by atoms with Crippen molar-refractivity contribution in [1.29, 1.82) is 0 Å². The highest BCUT2D eigenvalue weighted by molar-refractivity contribution is 8.19. The molecular weight excluding hydrogens is 378 g/mol. The Balaban J connectivity index is 1.57. The monoisotopic (exact) mass is 395 g/mol. The number of rotatable bonds is 4. The van der Waals surface area contributed by atoms with Crippen LogP contribution in [0.1, 0.15) is 20.6 Å². The number of hydrogen-bond donors (Lipinski definition) is 1. The topological polar surface area (TPSA) is 64.0 Å². The summed E-state index contributed by atoms with van der Waals surface area (Å²) >= 11 is 3.84. The molecule has 5 nitrogen and oxygen atoms in total. The number of anilines is 1. The van der Waals surface area contributed by atoms with E-state index in [-0.39, 0.29) is 17.2 Å². The van der Waals surface area contributed by atoms with Crippen molar-refractivity contribution in [1.82, 2.24) is 9.78 Å². The molecule has 2 heterocycles. The van der Waals surface area contributed by atoms with Gasteiger partial charge in [-0.15, -0.1) is 23.5 Å². The molecule has 0 radical (unpaired) electrons. The van der Waals surface area contributed by atoms with E-state index >= 15 is 0 Å². The van der Waals surface area contributed by atoms with E-state index in [1.54, 1.807) is 12.1 Å². The minimum Gasteiger partial charge on any atom is -0.321 e. The lowest BCUT2D eigenvalue weighted by Crippen LogP contribution is -2.24. The van der Waals surface area contributed by atoms with Gasteiger partial charge < -0.3 is 5.32 Å². The zero-order valence-corrected chi connectivity index (χ0v) is 16.0. The van der Waals surface area contributed by atoms with Gasteiger partial charge in [-0.25, -0.2) is 0 Å². The number of thioether (sulfide) groups is 2. The van der Waals surface area contributed by atoms with Crippen LogP contribution in [-0.4, -0.2) is 27.2 Å². The maximum absolute atomic E-state index is 12.6. The number of nitrogens with zero attached hydrogens (tertiary/aromatic N) is 2. The average molecular weight is 396 g/mol. The first-order valence-corrected chi connectivity index (χ1v) is 10.6. The average Bonchev–Trinajstić information content (AvgIpc) is 3.24. The smallest absolute Gasteiger partial charge is 0.276 e. The molecule has 1 saturated heterocycles. The van der Waals surface area contributed by atoms with E-state index in [2.05, 4.69) is 16.5 Å². The molecule has 1 aliphatic heterocycles. The van der Waals surface area contributed by atoms with Gasteiger partial charge in [0, 0.05) is 23.3 Å². The summed E-state index contributed by atoms with van der Waals surface area (Å²) in [7, 11) is 0.